The highest BCUT2D eigenvalue weighted by Crippen LogP contribution is 2.45. The minimum absolute atomic E-state index is 0.0476. The second kappa shape index (κ2) is 8.82. The zero-order chi connectivity index (χ0) is 26.0. The molecule has 0 aliphatic carbocycles. The molecular formula is C29H23BrN2O4S. The molecule has 4 aromatic rings. The number of carbonyl (C=O) groups excluding carboxylic acids is 2. The van der Waals surface area contributed by atoms with Crippen molar-refractivity contribution in [2.75, 3.05) is 4.90 Å². The van der Waals surface area contributed by atoms with Gasteiger partial charge in [-0.2, -0.15) is 0 Å². The van der Waals surface area contributed by atoms with E-state index in [9.17, 15) is 14.7 Å². The predicted molar refractivity (Wildman–Crippen MR) is 148 cm³/mol. The molecular weight excluding hydrogens is 552 g/mol. The van der Waals surface area contributed by atoms with E-state index in [0.29, 0.717) is 22.7 Å². The molecule has 0 radical (unpaired) electrons. The lowest BCUT2D eigenvalue weighted by Crippen LogP contribution is -2.29. The Morgan fingerprint density at radius 3 is 2.62 bits per heavy atom. The van der Waals surface area contributed by atoms with Crippen LogP contribution in [0.15, 0.2) is 64.6 Å². The van der Waals surface area contributed by atoms with Gasteiger partial charge in [0, 0.05) is 16.5 Å². The third-order valence-corrected chi connectivity index (χ3v) is 8.35. The van der Waals surface area contributed by atoms with Crippen LogP contribution in [-0.2, 0) is 16.0 Å². The Kier molecular flexibility index (Phi) is 5.69. The maximum absolute atomic E-state index is 13.5. The molecule has 2 aliphatic heterocycles. The number of nitrogens with zero attached hydrogens (tertiary/aromatic N) is 2. The number of aryl methyl sites for hydroxylation is 2. The number of hydrogen-bond donors (Lipinski definition) is 1. The zero-order valence-corrected chi connectivity index (χ0v) is 22.8. The van der Waals surface area contributed by atoms with E-state index in [1.54, 1.807) is 12.1 Å². The fraction of sp³-hybridized carbons (Fsp3) is 0.207. The lowest BCUT2D eigenvalue weighted by molar-refractivity contribution is -0.132. The highest BCUT2D eigenvalue weighted by Gasteiger charge is 2.48. The van der Waals surface area contributed by atoms with Crippen LogP contribution in [0, 0.1) is 13.8 Å². The summed E-state index contributed by atoms with van der Waals surface area (Å²) >= 11 is 4.83. The fourth-order valence-electron chi connectivity index (χ4n) is 5.18. The summed E-state index contributed by atoms with van der Waals surface area (Å²) in [7, 11) is 0. The van der Waals surface area contributed by atoms with Crippen molar-refractivity contribution < 1.29 is 19.4 Å². The highest BCUT2D eigenvalue weighted by atomic mass is 79.9. The smallest absolute Gasteiger partial charge is 0.301 e. The van der Waals surface area contributed by atoms with Gasteiger partial charge in [0.1, 0.15) is 17.6 Å². The Morgan fingerprint density at radius 1 is 1.11 bits per heavy atom. The third kappa shape index (κ3) is 3.95. The average molecular weight is 575 g/mol. The number of fused-ring (bicyclic) bond motifs is 2. The number of rotatable bonds is 3. The molecule has 3 heterocycles. The molecule has 8 heteroatoms. The topological polar surface area (TPSA) is 79.7 Å². The van der Waals surface area contributed by atoms with Crippen LogP contribution in [0.4, 0.5) is 5.13 Å². The molecule has 1 N–H and O–H groups in total. The number of amides is 1. The van der Waals surface area contributed by atoms with Gasteiger partial charge in [-0.25, -0.2) is 4.98 Å². The summed E-state index contributed by atoms with van der Waals surface area (Å²) in [5, 5.41) is 11.9. The number of carbonyl (C=O) groups is 2. The number of aliphatic hydroxyl groups excluding tert-OH is 1. The van der Waals surface area contributed by atoms with Crippen molar-refractivity contribution in [3.8, 4) is 5.75 Å². The molecule has 0 spiro atoms. The Balaban J connectivity index is 1.54. The van der Waals surface area contributed by atoms with E-state index >= 15 is 0 Å². The molecule has 2 atom stereocenters. The van der Waals surface area contributed by atoms with E-state index in [1.807, 2.05) is 63.2 Å². The van der Waals surface area contributed by atoms with E-state index < -0.39 is 17.7 Å². The number of halogens is 1. The number of Topliss-reactive ketones (excluding diaryl/α,β-unsaturated/α-hetero) is 1. The van der Waals surface area contributed by atoms with Crippen LogP contribution in [0.1, 0.15) is 40.8 Å². The Labute approximate surface area is 226 Å². The molecule has 0 saturated carbocycles. The minimum atomic E-state index is -0.821. The second-order valence-electron chi connectivity index (χ2n) is 9.60. The van der Waals surface area contributed by atoms with Gasteiger partial charge in [0.2, 0.25) is 0 Å². The van der Waals surface area contributed by atoms with Crippen LogP contribution < -0.4 is 9.64 Å². The maximum Gasteiger partial charge on any atom is 0.301 e. The van der Waals surface area contributed by atoms with E-state index in [2.05, 4.69) is 15.9 Å². The predicted octanol–water partition coefficient (Wildman–Crippen LogP) is 6.63. The van der Waals surface area contributed by atoms with Crippen molar-refractivity contribution in [1.29, 1.82) is 0 Å². The summed E-state index contributed by atoms with van der Waals surface area (Å²) < 4.78 is 7.60. The quantitative estimate of drug-likeness (QED) is 0.169. The number of aromatic nitrogens is 1. The van der Waals surface area contributed by atoms with E-state index in [4.69, 9.17) is 9.72 Å². The van der Waals surface area contributed by atoms with Crippen molar-refractivity contribution in [1.82, 2.24) is 4.98 Å². The molecule has 1 fully saturated rings. The van der Waals surface area contributed by atoms with Crippen molar-refractivity contribution >= 4 is 60.1 Å². The molecule has 6 nitrogen and oxygen atoms in total. The molecule has 186 valence electrons. The maximum atomic E-state index is 13.5. The molecule has 1 aromatic heterocycles. The first kappa shape index (κ1) is 23.9. The molecule has 0 bridgehead atoms. The largest absolute Gasteiger partial charge is 0.507 e. The summed E-state index contributed by atoms with van der Waals surface area (Å²) in [5.41, 5.74) is 5.09. The number of benzene rings is 3. The van der Waals surface area contributed by atoms with Gasteiger partial charge in [-0.05, 0) is 79.4 Å². The molecule has 6 rings (SSSR count). The molecule has 1 amide bonds. The third-order valence-electron chi connectivity index (χ3n) is 6.82. The van der Waals surface area contributed by atoms with Gasteiger partial charge in [0.15, 0.2) is 5.13 Å². The average Bonchev–Trinajstić information content (AvgIpc) is 3.52. The van der Waals surface area contributed by atoms with Crippen LogP contribution in [0.25, 0.3) is 16.0 Å². The first-order valence-corrected chi connectivity index (χ1v) is 13.6. The first-order valence-electron chi connectivity index (χ1n) is 12.0. The number of aliphatic hydroxyl groups is 1. The second-order valence-corrected chi connectivity index (χ2v) is 11.5. The zero-order valence-electron chi connectivity index (χ0n) is 20.4. The first-order chi connectivity index (χ1) is 17.7. The van der Waals surface area contributed by atoms with E-state index in [0.717, 1.165) is 37.1 Å². The molecule has 2 unspecified atom stereocenters. The van der Waals surface area contributed by atoms with Crippen LogP contribution >= 0.6 is 27.3 Å². The number of thiazole rings is 1. The van der Waals surface area contributed by atoms with Gasteiger partial charge in [-0.1, -0.05) is 45.5 Å². The van der Waals surface area contributed by atoms with E-state index in [1.165, 1.54) is 16.2 Å². The van der Waals surface area contributed by atoms with Crippen LogP contribution in [0.5, 0.6) is 5.75 Å². The van der Waals surface area contributed by atoms with Gasteiger partial charge < -0.3 is 9.84 Å². The molecule has 2 aliphatic rings. The van der Waals surface area contributed by atoms with Crippen molar-refractivity contribution in [2.24, 2.45) is 0 Å². The van der Waals surface area contributed by atoms with Gasteiger partial charge >= 0.3 is 5.91 Å². The van der Waals surface area contributed by atoms with Crippen molar-refractivity contribution in [3.63, 3.8) is 0 Å². The Hall–Kier alpha value is -3.49. The highest BCUT2D eigenvalue weighted by molar-refractivity contribution is 9.10. The summed E-state index contributed by atoms with van der Waals surface area (Å²) in [6, 6.07) is 16.0. The number of ether oxygens (including phenoxy) is 1. The standard InChI is InChI=1S/C29H23BrN2O4S/c1-14-10-15(2)24-22(11-14)37-29(31-24)32-25(17-4-7-20(30)8-5-17)23(27(34)28(32)35)26(33)18-6-9-21-19(13-18)12-16(3)36-21/h4-11,13,16,25,33H,12H2,1-3H3/b26-23+. The SMILES string of the molecule is Cc1cc(C)c2nc(N3C(=O)C(=O)/C(=C(/O)c4ccc5c(c4)CC(C)O5)C3c3ccc(Br)cc3)sc2c1. The van der Waals surface area contributed by atoms with Crippen LogP contribution in [-0.4, -0.2) is 27.9 Å². The van der Waals surface area contributed by atoms with E-state index in [-0.39, 0.29) is 17.4 Å². The van der Waals surface area contributed by atoms with Gasteiger partial charge in [-0.15, -0.1) is 0 Å². The number of anilines is 1. The normalized spacial score (nSPS) is 20.5. The van der Waals surface area contributed by atoms with Crippen molar-refractivity contribution in [3.05, 3.63) is 92.5 Å². The summed E-state index contributed by atoms with van der Waals surface area (Å²) in [5.74, 6) is -0.873. The molecule has 3 aromatic carbocycles. The van der Waals surface area contributed by atoms with Crippen LogP contribution in [0.2, 0.25) is 0 Å². The van der Waals surface area contributed by atoms with Crippen LogP contribution in [0.3, 0.4) is 0 Å². The summed E-state index contributed by atoms with van der Waals surface area (Å²) in [4.78, 5) is 33.2. The van der Waals surface area contributed by atoms with Gasteiger partial charge in [0.05, 0.1) is 21.8 Å². The van der Waals surface area contributed by atoms with Crippen molar-refractivity contribution in [2.45, 2.75) is 39.3 Å². The lowest BCUT2D eigenvalue weighted by Gasteiger charge is -2.23. The van der Waals surface area contributed by atoms with Gasteiger partial charge in [-0.3, -0.25) is 14.5 Å². The molecule has 37 heavy (non-hydrogen) atoms. The summed E-state index contributed by atoms with van der Waals surface area (Å²) in [6.07, 6.45) is 0.762. The van der Waals surface area contributed by atoms with Gasteiger partial charge in [0.25, 0.3) is 5.78 Å². The fourth-order valence-corrected chi connectivity index (χ4v) is 6.61. The Morgan fingerprint density at radius 2 is 1.86 bits per heavy atom. The minimum Gasteiger partial charge on any atom is -0.507 e. The lowest BCUT2D eigenvalue weighted by atomic mass is 9.94. The summed E-state index contributed by atoms with van der Waals surface area (Å²) in [6.45, 7) is 5.99. The Bertz CT molecular complexity index is 1640. The monoisotopic (exact) mass is 574 g/mol. The number of hydrogen-bond acceptors (Lipinski definition) is 6. The number of ketones is 1. The molecule has 1 saturated heterocycles.